The average Bonchev–Trinajstić information content (AvgIpc) is 3.28. The van der Waals surface area contributed by atoms with Crippen LogP contribution < -0.4 is 16.1 Å². The first-order valence-corrected chi connectivity index (χ1v) is 12.0. The molecule has 4 N–H and O–H groups in total. The predicted octanol–water partition coefficient (Wildman–Crippen LogP) is 3.94. The molecule has 3 heterocycles. The van der Waals surface area contributed by atoms with Crippen LogP contribution in [-0.4, -0.2) is 47.2 Å². The maximum atomic E-state index is 11.6. The first kappa shape index (κ1) is 22.9. The fourth-order valence-corrected chi connectivity index (χ4v) is 4.64. The van der Waals surface area contributed by atoms with Crippen LogP contribution in [0.2, 0.25) is 0 Å². The molecule has 180 valence electrons. The van der Waals surface area contributed by atoms with Crippen molar-refractivity contribution in [1.82, 2.24) is 9.58 Å². The van der Waals surface area contributed by atoms with E-state index in [1.807, 2.05) is 29.1 Å². The smallest absolute Gasteiger partial charge is 0.153 e. The number of amidine groups is 1. The molecule has 0 atom stereocenters. The number of nitrogens with one attached hydrogen (secondary N) is 4. The van der Waals surface area contributed by atoms with Gasteiger partial charge >= 0.3 is 0 Å². The molecule has 35 heavy (non-hydrogen) atoms. The summed E-state index contributed by atoms with van der Waals surface area (Å²) in [7, 11) is 0. The van der Waals surface area contributed by atoms with Gasteiger partial charge in [-0.1, -0.05) is 29.8 Å². The zero-order valence-corrected chi connectivity index (χ0v) is 20.0. The van der Waals surface area contributed by atoms with Crippen LogP contribution in [0, 0.1) is 12.3 Å². The maximum Gasteiger partial charge on any atom is 0.153 e. The number of ketones is 1. The summed E-state index contributed by atoms with van der Waals surface area (Å²) in [5, 5.41) is 14.9. The van der Waals surface area contributed by atoms with Gasteiger partial charge in [0.25, 0.3) is 0 Å². The SMILES string of the molecule is Cc1cccc(CNc2ccc(NC3=NCNn4ccc(CN5CCC(=O)CC5)c43)cc2C=N)c1. The Morgan fingerprint density at radius 3 is 2.80 bits per heavy atom. The van der Waals surface area contributed by atoms with Gasteiger partial charge in [0.05, 0.1) is 0 Å². The molecule has 0 amide bonds. The number of hydrogen-bond acceptors (Lipinski definition) is 7. The molecule has 8 heteroatoms. The van der Waals surface area contributed by atoms with E-state index in [0.717, 1.165) is 48.1 Å². The molecule has 2 aliphatic rings. The highest BCUT2D eigenvalue weighted by Crippen LogP contribution is 2.23. The van der Waals surface area contributed by atoms with Gasteiger partial charge in [0, 0.05) is 68.4 Å². The zero-order chi connectivity index (χ0) is 24.2. The predicted molar refractivity (Wildman–Crippen MR) is 141 cm³/mol. The Hall–Kier alpha value is -3.91. The molecule has 3 aromatic rings. The summed E-state index contributed by atoms with van der Waals surface area (Å²) >= 11 is 0. The van der Waals surface area contributed by atoms with E-state index >= 15 is 0 Å². The molecule has 1 aromatic heterocycles. The lowest BCUT2D eigenvalue weighted by Crippen LogP contribution is -2.35. The van der Waals surface area contributed by atoms with Gasteiger partial charge in [-0.05, 0) is 42.3 Å². The third-order valence-corrected chi connectivity index (χ3v) is 6.52. The van der Waals surface area contributed by atoms with Crippen LogP contribution in [0.4, 0.5) is 11.4 Å². The first-order chi connectivity index (χ1) is 17.1. The molecule has 1 fully saturated rings. The van der Waals surface area contributed by atoms with Crippen LogP contribution in [-0.2, 0) is 17.9 Å². The number of carbonyl (C=O) groups is 1. The number of aliphatic imine (C=N–C) groups is 1. The Bertz CT molecular complexity index is 1270. The van der Waals surface area contributed by atoms with Crippen LogP contribution in [0.3, 0.4) is 0 Å². The number of carbonyl (C=O) groups excluding carboxylic acids is 1. The second-order valence-electron chi connectivity index (χ2n) is 9.11. The van der Waals surface area contributed by atoms with Crippen molar-refractivity contribution in [2.75, 3.05) is 35.8 Å². The van der Waals surface area contributed by atoms with E-state index in [0.29, 0.717) is 31.8 Å². The van der Waals surface area contributed by atoms with Crippen molar-refractivity contribution in [2.45, 2.75) is 32.9 Å². The second-order valence-corrected chi connectivity index (χ2v) is 9.11. The van der Waals surface area contributed by atoms with E-state index < -0.39 is 0 Å². The summed E-state index contributed by atoms with van der Waals surface area (Å²) in [6.07, 6.45) is 4.66. The lowest BCUT2D eigenvalue weighted by molar-refractivity contribution is -0.121. The van der Waals surface area contributed by atoms with Crippen molar-refractivity contribution in [2.24, 2.45) is 4.99 Å². The second kappa shape index (κ2) is 10.1. The van der Waals surface area contributed by atoms with Gasteiger partial charge in [0.15, 0.2) is 5.84 Å². The minimum atomic E-state index is 0.351. The number of aryl methyl sites for hydroxylation is 1. The molecule has 5 rings (SSSR count). The Morgan fingerprint density at radius 1 is 1.14 bits per heavy atom. The summed E-state index contributed by atoms with van der Waals surface area (Å²) in [4.78, 5) is 18.6. The van der Waals surface area contributed by atoms with Gasteiger partial charge < -0.3 is 21.5 Å². The van der Waals surface area contributed by atoms with Crippen LogP contribution in [0.25, 0.3) is 0 Å². The summed E-state index contributed by atoms with van der Waals surface area (Å²) in [6, 6.07) is 16.5. The Kier molecular flexibility index (Phi) is 6.63. The van der Waals surface area contributed by atoms with E-state index in [1.54, 1.807) is 0 Å². The van der Waals surface area contributed by atoms with E-state index in [4.69, 9.17) is 10.4 Å². The van der Waals surface area contributed by atoms with Crippen molar-refractivity contribution >= 4 is 29.2 Å². The molecule has 0 spiro atoms. The molecule has 2 aromatic carbocycles. The molecular formula is C27H31N7O. The van der Waals surface area contributed by atoms with Crippen molar-refractivity contribution in [1.29, 1.82) is 5.41 Å². The van der Waals surface area contributed by atoms with Gasteiger partial charge in [-0.25, -0.2) is 4.99 Å². The Balaban J connectivity index is 1.30. The number of rotatable bonds is 7. The monoisotopic (exact) mass is 469 g/mol. The number of benzene rings is 2. The van der Waals surface area contributed by atoms with E-state index in [1.165, 1.54) is 22.9 Å². The lowest BCUT2D eigenvalue weighted by Gasteiger charge is -2.27. The number of hydrogen-bond donors (Lipinski definition) is 4. The highest BCUT2D eigenvalue weighted by molar-refractivity contribution is 6.09. The molecule has 0 aliphatic carbocycles. The molecule has 8 nitrogen and oxygen atoms in total. The maximum absolute atomic E-state index is 11.6. The normalized spacial score (nSPS) is 15.7. The largest absolute Gasteiger partial charge is 0.380 e. The van der Waals surface area contributed by atoms with E-state index in [2.05, 4.69) is 58.2 Å². The molecular weight excluding hydrogens is 438 g/mol. The minimum absolute atomic E-state index is 0.351. The molecule has 2 aliphatic heterocycles. The zero-order valence-electron chi connectivity index (χ0n) is 20.0. The molecule has 0 bridgehead atoms. The summed E-state index contributed by atoms with van der Waals surface area (Å²) < 4.78 is 2.01. The van der Waals surface area contributed by atoms with Gasteiger partial charge in [0.1, 0.15) is 18.1 Å². The molecule has 0 saturated carbocycles. The average molecular weight is 470 g/mol. The Morgan fingerprint density at radius 2 is 2.00 bits per heavy atom. The number of likely N-dealkylation sites (tertiary alicyclic amines) is 1. The van der Waals surface area contributed by atoms with Crippen molar-refractivity contribution in [3.8, 4) is 0 Å². The van der Waals surface area contributed by atoms with Crippen LogP contribution in [0.5, 0.6) is 0 Å². The van der Waals surface area contributed by atoms with Crippen LogP contribution >= 0.6 is 0 Å². The lowest BCUT2D eigenvalue weighted by atomic mass is 10.1. The fraction of sp³-hybridized carbons (Fsp3) is 0.296. The molecule has 0 unspecified atom stereocenters. The summed E-state index contributed by atoms with van der Waals surface area (Å²) in [5.41, 5.74) is 10.5. The first-order valence-electron chi connectivity index (χ1n) is 12.0. The van der Waals surface area contributed by atoms with Crippen LogP contribution in [0.15, 0.2) is 59.7 Å². The topological polar surface area (TPSA) is 97.5 Å². The number of anilines is 2. The van der Waals surface area contributed by atoms with Crippen molar-refractivity contribution in [3.63, 3.8) is 0 Å². The quantitative estimate of drug-likeness (QED) is 0.393. The standard InChI is InChI=1S/C27H31N7O/c1-19-3-2-4-20(13-19)16-29-25-6-5-23(14-22(25)15-28)32-27-26-21(7-12-34(26)31-18-30-27)17-33-10-8-24(35)9-11-33/h2-7,12-15,28-29,31H,8-11,16-18H2,1H3,(H,30,32). The summed E-state index contributed by atoms with van der Waals surface area (Å²) in [5.74, 6) is 1.15. The van der Waals surface area contributed by atoms with Gasteiger partial charge in [-0.3, -0.25) is 14.4 Å². The van der Waals surface area contributed by atoms with E-state index in [9.17, 15) is 4.79 Å². The highest BCUT2D eigenvalue weighted by atomic mass is 16.1. The minimum Gasteiger partial charge on any atom is -0.380 e. The summed E-state index contributed by atoms with van der Waals surface area (Å²) in [6.45, 7) is 5.66. The van der Waals surface area contributed by atoms with Crippen molar-refractivity contribution in [3.05, 3.63) is 82.7 Å². The third kappa shape index (κ3) is 5.27. The molecule has 0 radical (unpaired) electrons. The third-order valence-electron chi connectivity index (χ3n) is 6.52. The number of nitrogens with zero attached hydrogens (tertiary/aromatic N) is 3. The van der Waals surface area contributed by atoms with E-state index in [-0.39, 0.29) is 0 Å². The van der Waals surface area contributed by atoms with Crippen LogP contribution in [0.1, 0.15) is 40.8 Å². The Labute approximate surface area is 205 Å². The van der Waals surface area contributed by atoms with Gasteiger partial charge in [-0.2, -0.15) is 0 Å². The van der Waals surface area contributed by atoms with Gasteiger partial charge in [0.2, 0.25) is 0 Å². The van der Waals surface area contributed by atoms with Gasteiger partial charge in [-0.15, -0.1) is 0 Å². The number of piperidine rings is 1. The molecule has 1 saturated heterocycles. The number of fused-ring (bicyclic) bond motifs is 1. The fourth-order valence-electron chi connectivity index (χ4n) is 4.64. The number of aromatic nitrogens is 1. The number of Topliss-reactive ketones (excluding diaryl/α,β-unsaturated/α-hetero) is 1. The van der Waals surface area contributed by atoms with Crippen molar-refractivity contribution < 1.29 is 4.79 Å². The highest BCUT2D eigenvalue weighted by Gasteiger charge is 2.23.